The number of hydrogen-bond acceptors (Lipinski definition) is 3. The average molecular weight is 489 g/mol. The normalized spacial score (nSPS) is 11.8. The van der Waals surface area contributed by atoms with Crippen molar-refractivity contribution in [3.8, 4) is 5.75 Å². The smallest absolute Gasteiger partial charge is 0.261 e. The van der Waals surface area contributed by atoms with Crippen LogP contribution in [-0.4, -0.2) is 35.9 Å². The number of ether oxygens (including phenoxy) is 1. The Bertz CT molecular complexity index is 881. The van der Waals surface area contributed by atoms with Gasteiger partial charge in [0.25, 0.3) is 5.91 Å². The van der Waals surface area contributed by atoms with Crippen LogP contribution in [0.15, 0.2) is 46.9 Å². The minimum Gasteiger partial charge on any atom is -0.483 e. The first-order chi connectivity index (χ1) is 14.7. The minimum atomic E-state index is -0.601. The van der Waals surface area contributed by atoms with Crippen LogP contribution in [0.5, 0.6) is 5.75 Å². The summed E-state index contributed by atoms with van der Waals surface area (Å²) in [5, 5.41) is 2.88. The largest absolute Gasteiger partial charge is 0.483 e. The molecule has 2 aromatic rings. The van der Waals surface area contributed by atoms with Gasteiger partial charge in [0.2, 0.25) is 5.91 Å². The lowest BCUT2D eigenvalue weighted by Crippen LogP contribution is -2.49. The summed E-state index contributed by atoms with van der Waals surface area (Å²) in [7, 11) is 0. The number of halogens is 1. The molecule has 168 valence electrons. The summed E-state index contributed by atoms with van der Waals surface area (Å²) in [4.78, 5) is 27.2. The van der Waals surface area contributed by atoms with Gasteiger partial charge in [0.1, 0.15) is 11.8 Å². The van der Waals surface area contributed by atoms with Crippen LogP contribution in [0.3, 0.4) is 0 Å². The Morgan fingerprint density at radius 1 is 1.10 bits per heavy atom. The van der Waals surface area contributed by atoms with Gasteiger partial charge in [0, 0.05) is 13.1 Å². The maximum atomic E-state index is 13.1. The Balaban J connectivity index is 2.14. The molecule has 0 heterocycles. The topological polar surface area (TPSA) is 58.6 Å². The van der Waals surface area contributed by atoms with Gasteiger partial charge in [-0.2, -0.15) is 0 Å². The van der Waals surface area contributed by atoms with E-state index in [0.717, 1.165) is 22.0 Å². The fourth-order valence-corrected chi connectivity index (χ4v) is 3.60. The van der Waals surface area contributed by atoms with Crippen molar-refractivity contribution in [3.05, 3.63) is 63.6 Å². The molecule has 0 radical (unpaired) electrons. The molecule has 31 heavy (non-hydrogen) atoms. The van der Waals surface area contributed by atoms with Gasteiger partial charge in [-0.25, -0.2) is 0 Å². The van der Waals surface area contributed by atoms with E-state index < -0.39 is 6.04 Å². The second kappa shape index (κ2) is 11.9. The van der Waals surface area contributed by atoms with Gasteiger partial charge in [-0.1, -0.05) is 56.7 Å². The zero-order chi connectivity index (χ0) is 23.0. The zero-order valence-corrected chi connectivity index (χ0v) is 20.7. The fraction of sp³-hybridized carbons (Fsp3) is 0.440. The van der Waals surface area contributed by atoms with E-state index in [2.05, 4.69) is 35.1 Å². The Labute approximate surface area is 194 Å². The first kappa shape index (κ1) is 24.9. The highest BCUT2D eigenvalue weighted by molar-refractivity contribution is 9.10. The summed E-state index contributed by atoms with van der Waals surface area (Å²) in [6, 6.07) is 13.2. The molecular formula is C25H33BrN2O3. The lowest BCUT2D eigenvalue weighted by molar-refractivity contribution is -0.142. The molecule has 0 aliphatic carbocycles. The number of aryl methyl sites for hydroxylation is 1. The standard InChI is InChI=1S/C25H33BrN2O3/c1-6-13-27-25(30)19(5)28(15-20-9-7-18(4)8-10-20)24(29)16-31-23-12-11-21(17(2)3)14-22(23)26/h7-12,14,17,19H,6,13,15-16H2,1-5H3,(H,27,30). The monoisotopic (exact) mass is 488 g/mol. The predicted octanol–water partition coefficient (Wildman–Crippen LogP) is 5.20. The van der Waals surface area contributed by atoms with Gasteiger partial charge >= 0.3 is 0 Å². The van der Waals surface area contributed by atoms with Crippen LogP contribution < -0.4 is 10.1 Å². The van der Waals surface area contributed by atoms with Crippen molar-refractivity contribution in [2.45, 2.75) is 59.5 Å². The number of carbonyl (C=O) groups is 2. The Kier molecular flexibility index (Phi) is 9.56. The molecule has 0 saturated carbocycles. The van der Waals surface area contributed by atoms with Gasteiger partial charge in [0.15, 0.2) is 6.61 Å². The van der Waals surface area contributed by atoms with E-state index in [-0.39, 0.29) is 18.4 Å². The molecule has 1 atom stereocenters. The number of nitrogens with one attached hydrogen (secondary N) is 1. The Morgan fingerprint density at radius 2 is 1.77 bits per heavy atom. The molecule has 1 unspecified atom stereocenters. The third-order valence-electron chi connectivity index (χ3n) is 5.16. The molecule has 0 fully saturated rings. The second-order valence-corrected chi connectivity index (χ2v) is 8.96. The second-order valence-electron chi connectivity index (χ2n) is 8.11. The molecule has 0 bridgehead atoms. The van der Waals surface area contributed by atoms with Crippen molar-refractivity contribution < 1.29 is 14.3 Å². The number of carbonyl (C=O) groups excluding carboxylic acids is 2. The predicted molar refractivity (Wildman–Crippen MR) is 128 cm³/mol. The van der Waals surface area contributed by atoms with E-state index >= 15 is 0 Å². The van der Waals surface area contributed by atoms with Gasteiger partial charge < -0.3 is 15.0 Å². The highest BCUT2D eigenvalue weighted by Crippen LogP contribution is 2.29. The molecule has 5 nitrogen and oxygen atoms in total. The first-order valence-corrected chi connectivity index (χ1v) is 11.6. The van der Waals surface area contributed by atoms with E-state index in [9.17, 15) is 9.59 Å². The van der Waals surface area contributed by atoms with Crippen molar-refractivity contribution in [1.82, 2.24) is 10.2 Å². The number of amides is 2. The molecule has 6 heteroatoms. The highest BCUT2D eigenvalue weighted by Gasteiger charge is 2.26. The lowest BCUT2D eigenvalue weighted by Gasteiger charge is -2.29. The van der Waals surface area contributed by atoms with Gasteiger partial charge in [-0.15, -0.1) is 0 Å². The van der Waals surface area contributed by atoms with E-state index in [0.29, 0.717) is 24.8 Å². The lowest BCUT2D eigenvalue weighted by atomic mass is 10.0. The van der Waals surface area contributed by atoms with E-state index in [1.54, 1.807) is 11.8 Å². The SMILES string of the molecule is CCCNC(=O)C(C)N(Cc1ccc(C)cc1)C(=O)COc1ccc(C(C)C)cc1Br. The van der Waals surface area contributed by atoms with Crippen LogP contribution in [0.1, 0.15) is 56.7 Å². The number of rotatable bonds is 10. The van der Waals surface area contributed by atoms with E-state index in [4.69, 9.17) is 4.74 Å². The van der Waals surface area contributed by atoms with Crippen molar-refractivity contribution in [2.24, 2.45) is 0 Å². The van der Waals surface area contributed by atoms with Crippen LogP contribution in [0.25, 0.3) is 0 Å². The third-order valence-corrected chi connectivity index (χ3v) is 5.78. The molecule has 0 aliphatic rings. The van der Waals surface area contributed by atoms with Gasteiger partial charge in [-0.3, -0.25) is 9.59 Å². The molecule has 2 rings (SSSR count). The summed E-state index contributed by atoms with van der Waals surface area (Å²) in [5.41, 5.74) is 3.30. The van der Waals surface area contributed by atoms with Crippen molar-refractivity contribution >= 4 is 27.7 Å². The van der Waals surface area contributed by atoms with Crippen LogP contribution in [-0.2, 0) is 16.1 Å². The quantitative estimate of drug-likeness (QED) is 0.499. The first-order valence-electron chi connectivity index (χ1n) is 10.8. The molecule has 0 aliphatic heterocycles. The summed E-state index contributed by atoms with van der Waals surface area (Å²) < 4.78 is 6.62. The molecule has 2 amide bonds. The summed E-state index contributed by atoms with van der Waals surface area (Å²) in [6.45, 7) is 10.8. The van der Waals surface area contributed by atoms with Crippen molar-refractivity contribution in [1.29, 1.82) is 0 Å². The Hall–Kier alpha value is -2.34. The molecule has 0 aromatic heterocycles. The number of nitrogens with zero attached hydrogens (tertiary/aromatic N) is 1. The summed E-state index contributed by atoms with van der Waals surface area (Å²) >= 11 is 3.53. The highest BCUT2D eigenvalue weighted by atomic mass is 79.9. The van der Waals surface area contributed by atoms with E-state index in [1.807, 2.05) is 56.3 Å². The van der Waals surface area contributed by atoms with Crippen LogP contribution >= 0.6 is 15.9 Å². The van der Waals surface area contributed by atoms with Crippen molar-refractivity contribution in [3.63, 3.8) is 0 Å². The number of benzene rings is 2. The van der Waals surface area contributed by atoms with Crippen LogP contribution in [0, 0.1) is 6.92 Å². The summed E-state index contributed by atoms with van der Waals surface area (Å²) in [5.74, 6) is 0.611. The molecule has 0 saturated heterocycles. The average Bonchev–Trinajstić information content (AvgIpc) is 2.75. The molecule has 2 aromatic carbocycles. The van der Waals surface area contributed by atoms with Crippen LogP contribution in [0.4, 0.5) is 0 Å². The molecule has 0 spiro atoms. The van der Waals surface area contributed by atoms with Gasteiger partial charge in [-0.05, 0) is 65.4 Å². The maximum Gasteiger partial charge on any atom is 0.261 e. The van der Waals surface area contributed by atoms with Crippen LogP contribution in [0.2, 0.25) is 0 Å². The summed E-state index contributed by atoms with van der Waals surface area (Å²) in [6.07, 6.45) is 0.841. The van der Waals surface area contributed by atoms with Gasteiger partial charge in [0.05, 0.1) is 4.47 Å². The minimum absolute atomic E-state index is 0.142. The Morgan fingerprint density at radius 3 is 2.35 bits per heavy atom. The maximum absolute atomic E-state index is 13.1. The van der Waals surface area contributed by atoms with Crippen molar-refractivity contribution in [2.75, 3.05) is 13.2 Å². The number of hydrogen-bond donors (Lipinski definition) is 1. The fourth-order valence-electron chi connectivity index (χ4n) is 3.08. The molecule has 1 N–H and O–H groups in total. The zero-order valence-electron chi connectivity index (χ0n) is 19.1. The molecular weight excluding hydrogens is 456 g/mol. The van der Waals surface area contributed by atoms with E-state index in [1.165, 1.54) is 5.56 Å². The third kappa shape index (κ3) is 7.39.